The van der Waals surface area contributed by atoms with Crippen LogP contribution in [0.1, 0.15) is 49.3 Å². The van der Waals surface area contributed by atoms with Crippen LogP contribution in [0.3, 0.4) is 0 Å². The standard InChI is InChI=1S/C19H26N2O/c1-12-6-4-5-7-17(12)20-11-16-10-15-8-13(2)14(3)9-18(15)21-19(16)22/h8-10,12,17,20H,4-7,11H2,1-3H3,(H,21,22)/p+1/t12-,17+/m1/s1. The van der Waals surface area contributed by atoms with E-state index in [0.717, 1.165) is 28.9 Å². The molecule has 0 saturated heterocycles. The third-order valence-corrected chi connectivity index (χ3v) is 5.35. The Morgan fingerprint density at radius 3 is 2.64 bits per heavy atom. The molecule has 1 fully saturated rings. The Morgan fingerprint density at radius 2 is 1.86 bits per heavy atom. The van der Waals surface area contributed by atoms with Crippen molar-refractivity contribution in [3.8, 4) is 0 Å². The lowest BCUT2D eigenvalue weighted by Crippen LogP contribution is -2.90. The predicted octanol–water partition coefficient (Wildman–Crippen LogP) is 2.79. The first-order valence-corrected chi connectivity index (χ1v) is 8.51. The van der Waals surface area contributed by atoms with Crippen molar-refractivity contribution in [1.82, 2.24) is 4.98 Å². The molecule has 0 aliphatic heterocycles. The van der Waals surface area contributed by atoms with Crippen molar-refractivity contribution >= 4 is 10.9 Å². The van der Waals surface area contributed by atoms with Gasteiger partial charge in [0.25, 0.3) is 5.56 Å². The van der Waals surface area contributed by atoms with Crippen molar-refractivity contribution in [2.75, 3.05) is 0 Å². The third-order valence-electron chi connectivity index (χ3n) is 5.35. The van der Waals surface area contributed by atoms with Gasteiger partial charge >= 0.3 is 0 Å². The lowest BCUT2D eigenvalue weighted by Gasteiger charge is -2.26. The fourth-order valence-corrected chi connectivity index (χ4v) is 3.65. The number of aromatic nitrogens is 1. The largest absolute Gasteiger partial charge is 0.340 e. The number of aryl methyl sites for hydroxylation is 2. The summed E-state index contributed by atoms with van der Waals surface area (Å²) in [5, 5.41) is 3.52. The van der Waals surface area contributed by atoms with Crippen LogP contribution in [0.2, 0.25) is 0 Å². The molecule has 0 unspecified atom stereocenters. The number of aromatic amines is 1. The number of H-pyrrole nitrogens is 1. The summed E-state index contributed by atoms with van der Waals surface area (Å²) in [5.74, 6) is 0.762. The number of fused-ring (bicyclic) bond motifs is 1. The molecule has 0 radical (unpaired) electrons. The van der Waals surface area contributed by atoms with Crippen molar-refractivity contribution in [2.24, 2.45) is 5.92 Å². The first-order chi connectivity index (χ1) is 10.5. The summed E-state index contributed by atoms with van der Waals surface area (Å²) >= 11 is 0. The van der Waals surface area contributed by atoms with E-state index in [9.17, 15) is 4.79 Å². The van der Waals surface area contributed by atoms with Gasteiger partial charge in [0.1, 0.15) is 6.54 Å². The Hall–Kier alpha value is -1.61. The summed E-state index contributed by atoms with van der Waals surface area (Å²) in [4.78, 5) is 15.4. The van der Waals surface area contributed by atoms with Gasteiger partial charge in [-0.05, 0) is 67.8 Å². The Morgan fingerprint density at radius 1 is 1.14 bits per heavy atom. The van der Waals surface area contributed by atoms with Crippen LogP contribution in [0.25, 0.3) is 10.9 Å². The molecule has 2 aromatic rings. The highest BCUT2D eigenvalue weighted by atomic mass is 16.1. The maximum absolute atomic E-state index is 12.3. The van der Waals surface area contributed by atoms with Gasteiger partial charge in [-0.2, -0.15) is 0 Å². The van der Waals surface area contributed by atoms with Gasteiger partial charge in [-0.1, -0.05) is 13.3 Å². The first kappa shape index (κ1) is 15.3. The summed E-state index contributed by atoms with van der Waals surface area (Å²) in [6.07, 6.45) is 5.30. The maximum atomic E-state index is 12.3. The average Bonchev–Trinajstić information content (AvgIpc) is 2.48. The second-order valence-corrected chi connectivity index (χ2v) is 7.01. The van der Waals surface area contributed by atoms with E-state index < -0.39 is 0 Å². The fourth-order valence-electron chi connectivity index (χ4n) is 3.65. The molecule has 1 aromatic heterocycles. The molecule has 0 spiro atoms. The van der Waals surface area contributed by atoms with E-state index in [4.69, 9.17) is 0 Å². The van der Waals surface area contributed by atoms with E-state index >= 15 is 0 Å². The molecule has 3 heteroatoms. The zero-order valence-electron chi connectivity index (χ0n) is 13.9. The molecule has 1 aromatic carbocycles. The summed E-state index contributed by atoms with van der Waals surface area (Å²) in [6, 6.07) is 6.99. The topological polar surface area (TPSA) is 49.5 Å². The molecular weight excluding hydrogens is 272 g/mol. The van der Waals surface area contributed by atoms with E-state index in [0.29, 0.717) is 6.04 Å². The van der Waals surface area contributed by atoms with Crippen molar-refractivity contribution in [2.45, 2.75) is 59.0 Å². The molecule has 1 heterocycles. The number of quaternary nitrogens is 1. The van der Waals surface area contributed by atoms with Gasteiger partial charge in [0, 0.05) is 11.4 Å². The monoisotopic (exact) mass is 299 g/mol. The van der Waals surface area contributed by atoms with E-state index in [2.05, 4.69) is 49.3 Å². The van der Waals surface area contributed by atoms with Crippen molar-refractivity contribution in [3.05, 3.63) is 45.2 Å². The van der Waals surface area contributed by atoms with Gasteiger partial charge in [-0.3, -0.25) is 4.79 Å². The molecule has 0 bridgehead atoms. The van der Waals surface area contributed by atoms with Gasteiger partial charge in [-0.25, -0.2) is 0 Å². The van der Waals surface area contributed by atoms with Crippen LogP contribution in [0.4, 0.5) is 0 Å². The summed E-state index contributed by atoms with van der Waals surface area (Å²) in [5.41, 5.74) is 4.40. The predicted molar refractivity (Wildman–Crippen MR) is 91.1 cm³/mol. The molecule has 1 aliphatic carbocycles. The number of hydrogen-bond donors (Lipinski definition) is 2. The van der Waals surface area contributed by atoms with E-state index in [1.165, 1.54) is 36.8 Å². The summed E-state index contributed by atoms with van der Waals surface area (Å²) in [6.45, 7) is 7.33. The van der Waals surface area contributed by atoms with Crippen LogP contribution in [-0.4, -0.2) is 11.0 Å². The van der Waals surface area contributed by atoms with Crippen LogP contribution in [0.15, 0.2) is 23.0 Å². The number of rotatable bonds is 3. The average molecular weight is 299 g/mol. The number of benzene rings is 1. The molecule has 1 saturated carbocycles. The van der Waals surface area contributed by atoms with Crippen LogP contribution < -0.4 is 10.9 Å². The van der Waals surface area contributed by atoms with Gasteiger partial charge < -0.3 is 10.3 Å². The minimum atomic E-state index is 0.0652. The smallest absolute Gasteiger partial charge is 0.257 e. The minimum Gasteiger partial charge on any atom is -0.340 e. The lowest BCUT2D eigenvalue weighted by molar-refractivity contribution is -0.712. The van der Waals surface area contributed by atoms with Crippen molar-refractivity contribution in [1.29, 1.82) is 0 Å². The number of nitrogens with two attached hydrogens (primary N) is 1. The molecule has 22 heavy (non-hydrogen) atoms. The lowest BCUT2D eigenvalue weighted by atomic mass is 9.86. The van der Waals surface area contributed by atoms with Crippen molar-refractivity contribution in [3.63, 3.8) is 0 Å². The second-order valence-electron chi connectivity index (χ2n) is 7.01. The quantitative estimate of drug-likeness (QED) is 0.899. The van der Waals surface area contributed by atoms with Crippen LogP contribution >= 0.6 is 0 Å². The second kappa shape index (κ2) is 6.25. The highest BCUT2D eigenvalue weighted by Crippen LogP contribution is 2.21. The van der Waals surface area contributed by atoms with Gasteiger partial charge in [0.15, 0.2) is 0 Å². The number of hydrogen-bond acceptors (Lipinski definition) is 1. The van der Waals surface area contributed by atoms with Gasteiger partial charge in [0.2, 0.25) is 0 Å². The minimum absolute atomic E-state index is 0.0652. The van der Waals surface area contributed by atoms with Crippen LogP contribution in [0, 0.1) is 19.8 Å². The molecule has 118 valence electrons. The Kier molecular flexibility index (Phi) is 4.34. The highest BCUT2D eigenvalue weighted by molar-refractivity contribution is 5.80. The first-order valence-electron chi connectivity index (χ1n) is 8.51. The van der Waals surface area contributed by atoms with Gasteiger partial charge in [-0.15, -0.1) is 0 Å². The van der Waals surface area contributed by atoms with E-state index in [1.54, 1.807) is 0 Å². The Labute approximate surface area is 132 Å². The zero-order chi connectivity index (χ0) is 15.7. The van der Waals surface area contributed by atoms with Crippen molar-refractivity contribution < 1.29 is 5.32 Å². The maximum Gasteiger partial charge on any atom is 0.257 e. The molecular formula is C19H27N2O+. The molecule has 2 atom stereocenters. The Balaban J connectivity index is 1.83. The summed E-state index contributed by atoms with van der Waals surface area (Å²) in [7, 11) is 0. The van der Waals surface area contributed by atoms with Crippen LogP contribution in [-0.2, 0) is 6.54 Å². The normalized spacial score (nSPS) is 22.1. The molecule has 3 rings (SSSR count). The number of nitrogens with one attached hydrogen (secondary N) is 1. The number of pyridine rings is 1. The molecule has 3 N–H and O–H groups in total. The molecule has 0 amide bonds. The SMILES string of the molecule is Cc1cc2cc(C[NH2+][C@H]3CCCC[C@H]3C)c(=O)[nH]c2cc1C. The molecule has 1 aliphatic rings. The fraction of sp³-hybridized carbons (Fsp3) is 0.526. The van der Waals surface area contributed by atoms with Gasteiger partial charge in [0.05, 0.1) is 11.6 Å². The highest BCUT2D eigenvalue weighted by Gasteiger charge is 2.24. The van der Waals surface area contributed by atoms with E-state index in [-0.39, 0.29) is 5.56 Å². The van der Waals surface area contributed by atoms with E-state index in [1.807, 2.05) is 0 Å². The van der Waals surface area contributed by atoms with Crippen LogP contribution in [0.5, 0.6) is 0 Å². The Bertz CT molecular complexity index is 732. The summed E-state index contributed by atoms with van der Waals surface area (Å²) < 4.78 is 0. The molecule has 3 nitrogen and oxygen atoms in total. The third kappa shape index (κ3) is 3.09. The zero-order valence-corrected chi connectivity index (χ0v) is 13.9.